The molecule has 0 heterocycles. The monoisotopic (exact) mass is 376 g/mol. The molecular weight excluding hydrogens is 352 g/mol. The van der Waals surface area contributed by atoms with E-state index in [1.54, 1.807) is 43.3 Å². The molecule has 140 valence electrons. The molecular formula is C19H24N2O4S. The molecule has 0 saturated heterocycles. The summed E-state index contributed by atoms with van der Waals surface area (Å²) in [6.07, 6.45) is 0. The summed E-state index contributed by atoms with van der Waals surface area (Å²) >= 11 is 0. The van der Waals surface area contributed by atoms with E-state index in [9.17, 15) is 13.2 Å². The standard InChI is InChI=1S/C19H24N2O4S/c1-4-25-19(22)16-9-8-12-18(15-16)26(23,24)21(14-13-20(2)3)17-10-6-5-7-11-17/h5-12,15H,4,13-14H2,1-3H3. The topological polar surface area (TPSA) is 66.9 Å². The van der Waals surface area contributed by atoms with Gasteiger partial charge in [-0.2, -0.15) is 0 Å². The van der Waals surface area contributed by atoms with E-state index in [1.807, 2.05) is 25.1 Å². The molecule has 2 rings (SSSR count). The molecule has 0 radical (unpaired) electrons. The lowest BCUT2D eigenvalue weighted by Crippen LogP contribution is -2.36. The molecule has 7 heteroatoms. The van der Waals surface area contributed by atoms with Crippen molar-refractivity contribution < 1.29 is 17.9 Å². The lowest BCUT2D eigenvalue weighted by molar-refractivity contribution is 0.0526. The van der Waals surface area contributed by atoms with E-state index in [1.165, 1.54) is 16.4 Å². The summed E-state index contributed by atoms with van der Waals surface area (Å²) in [6.45, 7) is 2.79. The Hall–Kier alpha value is -2.38. The van der Waals surface area contributed by atoms with Gasteiger partial charge in [0.15, 0.2) is 0 Å². The average Bonchev–Trinajstić information content (AvgIpc) is 2.62. The molecule has 0 aromatic heterocycles. The summed E-state index contributed by atoms with van der Waals surface area (Å²) < 4.78 is 32.8. The van der Waals surface area contributed by atoms with Crippen LogP contribution >= 0.6 is 0 Å². The number of nitrogens with zero attached hydrogens (tertiary/aromatic N) is 2. The Balaban J connectivity index is 2.43. The van der Waals surface area contributed by atoms with E-state index < -0.39 is 16.0 Å². The highest BCUT2D eigenvalue weighted by Gasteiger charge is 2.25. The van der Waals surface area contributed by atoms with E-state index in [-0.39, 0.29) is 17.1 Å². The average molecular weight is 376 g/mol. The van der Waals surface area contributed by atoms with Gasteiger partial charge < -0.3 is 9.64 Å². The van der Waals surface area contributed by atoms with Crippen LogP contribution < -0.4 is 4.31 Å². The maximum atomic E-state index is 13.2. The van der Waals surface area contributed by atoms with Gasteiger partial charge in [-0.25, -0.2) is 13.2 Å². The molecule has 0 bridgehead atoms. The lowest BCUT2D eigenvalue weighted by Gasteiger charge is -2.26. The number of carbonyl (C=O) groups is 1. The number of anilines is 1. The van der Waals surface area contributed by atoms with Crippen molar-refractivity contribution in [1.82, 2.24) is 4.90 Å². The molecule has 26 heavy (non-hydrogen) atoms. The second kappa shape index (κ2) is 8.82. The fourth-order valence-corrected chi connectivity index (χ4v) is 3.90. The first-order chi connectivity index (χ1) is 12.4. The van der Waals surface area contributed by atoms with E-state index in [0.717, 1.165) is 0 Å². The predicted octanol–water partition coefficient (Wildman–Crippen LogP) is 2.62. The highest BCUT2D eigenvalue weighted by Crippen LogP contribution is 2.24. The number of carbonyl (C=O) groups excluding carboxylic acids is 1. The number of likely N-dealkylation sites (N-methyl/N-ethyl adjacent to an activating group) is 1. The third-order valence-corrected chi connectivity index (χ3v) is 5.55. The zero-order chi connectivity index (χ0) is 19.2. The number of benzene rings is 2. The van der Waals surface area contributed by atoms with Gasteiger partial charge in [-0.3, -0.25) is 4.31 Å². The summed E-state index contributed by atoms with van der Waals surface area (Å²) in [5, 5.41) is 0. The van der Waals surface area contributed by atoms with Crippen molar-refractivity contribution in [3.8, 4) is 0 Å². The van der Waals surface area contributed by atoms with Crippen LogP contribution in [-0.2, 0) is 14.8 Å². The maximum absolute atomic E-state index is 13.2. The van der Waals surface area contributed by atoms with Crippen LogP contribution in [-0.4, -0.2) is 53.1 Å². The van der Waals surface area contributed by atoms with Crippen LogP contribution in [0.4, 0.5) is 5.69 Å². The van der Waals surface area contributed by atoms with Crippen molar-refractivity contribution in [2.75, 3.05) is 38.1 Å². The van der Waals surface area contributed by atoms with Crippen molar-refractivity contribution in [3.63, 3.8) is 0 Å². The van der Waals surface area contributed by atoms with Gasteiger partial charge in [-0.15, -0.1) is 0 Å². The molecule has 0 atom stereocenters. The molecule has 2 aromatic carbocycles. The van der Waals surface area contributed by atoms with E-state index in [2.05, 4.69) is 0 Å². The largest absolute Gasteiger partial charge is 0.462 e. The fraction of sp³-hybridized carbons (Fsp3) is 0.316. The zero-order valence-electron chi connectivity index (χ0n) is 15.3. The molecule has 2 aromatic rings. The Labute approximate surface area is 155 Å². The van der Waals surface area contributed by atoms with Gasteiger partial charge in [-0.1, -0.05) is 24.3 Å². The van der Waals surface area contributed by atoms with Crippen LogP contribution in [0.1, 0.15) is 17.3 Å². The van der Waals surface area contributed by atoms with Gasteiger partial charge in [0.05, 0.1) is 22.8 Å². The van der Waals surface area contributed by atoms with Crippen molar-refractivity contribution in [3.05, 3.63) is 60.2 Å². The number of ether oxygens (including phenoxy) is 1. The van der Waals surface area contributed by atoms with Crippen LogP contribution in [0.25, 0.3) is 0 Å². The van der Waals surface area contributed by atoms with E-state index >= 15 is 0 Å². The second-order valence-electron chi connectivity index (χ2n) is 5.96. The Morgan fingerprint density at radius 3 is 2.31 bits per heavy atom. The third kappa shape index (κ3) is 4.83. The molecule has 0 aliphatic heterocycles. The first-order valence-corrected chi connectivity index (χ1v) is 9.80. The van der Waals surface area contributed by atoms with Crippen LogP contribution in [0.2, 0.25) is 0 Å². The molecule has 0 spiro atoms. The van der Waals surface area contributed by atoms with Crippen LogP contribution in [0, 0.1) is 0 Å². The number of hydrogen-bond acceptors (Lipinski definition) is 5. The lowest BCUT2D eigenvalue weighted by atomic mass is 10.2. The molecule has 6 nitrogen and oxygen atoms in total. The number of hydrogen-bond donors (Lipinski definition) is 0. The molecule has 0 aliphatic carbocycles. The normalized spacial score (nSPS) is 11.4. The quantitative estimate of drug-likeness (QED) is 0.663. The molecule has 0 amide bonds. The minimum absolute atomic E-state index is 0.0608. The number of esters is 1. The van der Waals surface area contributed by atoms with Gasteiger partial charge >= 0.3 is 5.97 Å². The second-order valence-corrected chi connectivity index (χ2v) is 7.83. The first kappa shape index (κ1) is 19.9. The summed E-state index contributed by atoms with van der Waals surface area (Å²) in [4.78, 5) is 13.9. The third-order valence-electron chi connectivity index (χ3n) is 3.73. The van der Waals surface area contributed by atoms with E-state index in [4.69, 9.17) is 4.74 Å². The van der Waals surface area contributed by atoms with Gasteiger partial charge in [0.1, 0.15) is 0 Å². The van der Waals surface area contributed by atoms with Gasteiger partial charge in [0, 0.05) is 13.1 Å². The Morgan fingerprint density at radius 1 is 1.00 bits per heavy atom. The minimum atomic E-state index is -3.82. The SMILES string of the molecule is CCOC(=O)c1cccc(S(=O)(=O)N(CCN(C)C)c2ccccc2)c1. The van der Waals surface area contributed by atoms with Crippen LogP contribution in [0.5, 0.6) is 0 Å². The highest BCUT2D eigenvalue weighted by atomic mass is 32.2. The Morgan fingerprint density at radius 2 is 1.69 bits per heavy atom. The summed E-state index contributed by atoms with van der Waals surface area (Å²) in [7, 11) is -0.0497. The van der Waals surface area contributed by atoms with E-state index in [0.29, 0.717) is 18.8 Å². The number of para-hydroxylation sites is 1. The summed E-state index contributed by atoms with van der Waals surface area (Å²) in [5.41, 5.74) is 0.796. The summed E-state index contributed by atoms with van der Waals surface area (Å²) in [5.74, 6) is -0.538. The van der Waals surface area contributed by atoms with Crippen molar-refractivity contribution in [1.29, 1.82) is 0 Å². The Kier molecular flexibility index (Phi) is 6.76. The molecule has 0 aliphatic rings. The first-order valence-electron chi connectivity index (χ1n) is 8.36. The fourth-order valence-electron chi connectivity index (χ4n) is 2.40. The highest BCUT2D eigenvalue weighted by molar-refractivity contribution is 7.92. The van der Waals surface area contributed by atoms with Gasteiger partial charge in [0.25, 0.3) is 10.0 Å². The summed E-state index contributed by atoms with van der Waals surface area (Å²) in [6, 6.07) is 14.9. The molecule has 0 N–H and O–H groups in total. The maximum Gasteiger partial charge on any atom is 0.338 e. The molecule has 0 unspecified atom stereocenters. The Bertz CT molecular complexity index is 836. The molecule has 0 saturated carbocycles. The number of sulfonamides is 1. The zero-order valence-corrected chi connectivity index (χ0v) is 16.1. The smallest absolute Gasteiger partial charge is 0.338 e. The van der Waals surface area contributed by atoms with Crippen molar-refractivity contribution >= 4 is 21.7 Å². The van der Waals surface area contributed by atoms with Crippen molar-refractivity contribution in [2.24, 2.45) is 0 Å². The minimum Gasteiger partial charge on any atom is -0.462 e. The number of rotatable bonds is 8. The van der Waals surface area contributed by atoms with Crippen LogP contribution in [0.3, 0.4) is 0 Å². The van der Waals surface area contributed by atoms with Crippen molar-refractivity contribution in [2.45, 2.75) is 11.8 Å². The molecule has 0 fully saturated rings. The van der Waals surface area contributed by atoms with Gasteiger partial charge in [-0.05, 0) is 51.4 Å². The predicted molar refractivity (Wildman–Crippen MR) is 102 cm³/mol. The van der Waals surface area contributed by atoms with Crippen LogP contribution in [0.15, 0.2) is 59.5 Å². The van der Waals surface area contributed by atoms with Gasteiger partial charge in [0.2, 0.25) is 0 Å².